The molecule has 0 aliphatic carbocycles. The zero-order chi connectivity index (χ0) is 25.8. The predicted molar refractivity (Wildman–Crippen MR) is 143 cm³/mol. The lowest BCUT2D eigenvalue weighted by Crippen LogP contribution is -2.62. The molecule has 0 bridgehead atoms. The van der Waals surface area contributed by atoms with Crippen molar-refractivity contribution >= 4 is 11.8 Å². The predicted octanol–water partition coefficient (Wildman–Crippen LogP) is 2.46. The van der Waals surface area contributed by atoms with Crippen LogP contribution in [-0.2, 0) is 18.4 Å². The number of β-amino-alcohol motifs (C(OH)–C–C–N with tert-alkyl or cyclic N) is 1. The summed E-state index contributed by atoms with van der Waals surface area (Å²) < 4.78 is 0. The molecule has 3 N–H and O–H groups in total. The van der Waals surface area contributed by atoms with Gasteiger partial charge in [-0.25, -0.2) is 0 Å². The number of carbonyl (C=O) groups excluding carboxylic acids is 2. The Balaban J connectivity index is 1.15. The highest BCUT2D eigenvalue weighted by Crippen LogP contribution is 2.36. The van der Waals surface area contributed by atoms with E-state index in [2.05, 4.69) is 36.6 Å². The number of aliphatic hydroxyl groups is 1. The van der Waals surface area contributed by atoms with Crippen LogP contribution in [0.3, 0.4) is 0 Å². The largest absolute Gasteiger partial charge is 0.390 e. The van der Waals surface area contributed by atoms with Gasteiger partial charge in [-0.15, -0.1) is 0 Å². The number of aliphatic hydroxyl groups excluding tert-OH is 1. The van der Waals surface area contributed by atoms with Crippen molar-refractivity contribution in [1.29, 1.82) is 0 Å². The third-order valence-electron chi connectivity index (χ3n) is 9.20. The molecule has 7 heteroatoms. The van der Waals surface area contributed by atoms with Gasteiger partial charge < -0.3 is 25.5 Å². The van der Waals surface area contributed by atoms with Gasteiger partial charge in [0, 0.05) is 60.8 Å². The molecular weight excluding hydrogens is 464 g/mol. The molecule has 2 amide bonds. The first-order valence-corrected chi connectivity index (χ1v) is 13.7. The molecule has 2 atom stereocenters. The molecule has 37 heavy (non-hydrogen) atoms. The molecule has 0 radical (unpaired) electrons. The summed E-state index contributed by atoms with van der Waals surface area (Å²) >= 11 is 0. The van der Waals surface area contributed by atoms with Crippen LogP contribution in [0.2, 0.25) is 0 Å². The Morgan fingerprint density at radius 3 is 2.54 bits per heavy atom. The van der Waals surface area contributed by atoms with E-state index in [1.807, 2.05) is 29.2 Å². The minimum absolute atomic E-state index is 0.0572. The second-order valence-electron chi connectivity index (χ2n) is 12.1. The first-order chi connectivity index (χ1) is 17.7. The summed E-state index contributed by atoms with van der Waals surface area (Å²) in [4.78, 5) is 30.6. The SMILES string of the molecule is CC1(C)CN(C[C@@H](O)[C@H]2Cc3ccccc3CN2)C(=O)c2ccc(C(=O)N3CCC4(CCN4)CC3)cc21. The minimum atomic E-state index is -0.664. The van der Waals surface area contributed by atoms with E-state index >= 15 is 0 Å². The highest BCUT2D eigenvalue weighted by Gasteiger charge is 2.41. The van der Waals surface area contributed by atoms with E-state index in [-0.39, 0.29) is 35.4 Å². The van der Waals surface area contributed by atoms with E-state index in [4.69, 9.17) is 0 Å². The molecule has 0 unspecified atom stereocenters. The standard InChI is InChI=1S/C30H38N4O3/c1-29(2)19-34(18-26(35)25-16-20-5-3-4-6-22(20)17-31-25)28(37)23-8-7-21(15-24(23)29)27(36)33-13-10-30(11-14-33)9-12-32-30/h3-8,15,25-26,31-32,35H,9-14,16-19H2,1-2H3/t25-,26-/m1/s1. The molecule has 196 valence electrons. The van der Waals surface area contributed by atoms with Gasteiger partial charge in [-0.1, -0.05) is 38.1 Å². The van der Waals surface area contributed by atoms with Gasteiger partial charge in [0.2, 0.25) is 0 Å². The zero-order valence-corrected chi connectivity index (χ0v) is 21.9. The molecule has 2 fully saturated rings. The molecule has 4 heterocycles. The molecule has 4 aliphatic rings. The Kier molecular flexibility index (Phi) is 6.13. The van der Waals surface area contributed by atoms with Crippen molar-refractivity contribution < 1.29 is 14.7 Å². The second-order valence-corrected chi connectivity index (χ2v) is 12.1. The van der Waals surface area contributed by atoms with Crippen LogP contribution in [0.4, 0.5) is 0 Å². The summed E-state index contributed by atoms with van der Waals surface area (Å²) in [5.74, 6) is -0.0127. The Hall–Kier alpha value is -2.74. The number of nitrogens with zero attached hydrogens (tertiary/aromatic N) is 2. The van der Waals surface area contributed by atoms with Crippen LogP contribution in [0.15, 0.2) is 42.5 Å². The fourth-order valence-corrected chi connectivity index (χ4v) is 6.71. The molecule has 6 rings (SSSR count). The highest BCUT2D eigenvalue weighted by atomic mass is 16.3. The first kappa shape index (κ1) is 24.6. The van der Waals surface area contributed by atoms with E-state index in [0.717, 1.165) is 51.0 Å². The van der Waals surface area contributed by atoms with Gasteiger partial charge in [-0.2, -0.15) is 0 Å². The molecule has 0 saturated carbocycles. The summed E-state index contributed by atoms with van der Waals surface area (Å²) in [7, 11) is 0. The highest BCUT2D eigenvalue weighted by molar-refractivity contribution is 6.00. The lowest BCUT2D eigenvalue weighted by atomic mass is 9.76. The van der Waals surface area contributed by atoms with Crippen LogP contribution < -0.4 is 10.6 Å². The Bertz CT molecular complexity index is 1210. The number of rotatable bonds is 4. The van der Waals surface area contributed by atoms with Crippen LogP contribution in [0.25, 0.3) is 0 Å². The van der Waals surface area contributed by atoms with Crippen molar-refractivity contribution in [2.24, 2.45) is 0 Å². The molecule has 2 aromatic rings. The van der Waals surface area contributed by atoms with Crippen LogP contribution in [0.1, 0.15) is 70.5 Å². The number of hydrogen-bond acceptors (Lipinski definition) is 5. The fraction of sp³-hybridized carbons (Fsp3) is 0.533. The fourth-order valence-electron chi connectivity index (χ4n) is 6.71. The molecule has 2 aromatic carbocycles. The maximum Gasteiger partial charge on any atom is 0.254 e. The summed E-state index contributed by atoms with van der Waals surface area (Å²) in [5.41, 5.74) is 4.68. The van der Waals surface area contributed by atoms with Crippen molar-refractivity contribution in [2.75, 3.05) is 32.7 Å². The van der Waals surface area contributed by atoms with Crippen LogP contribution >= 0.6 is 0 Å². The number of amides is 2. The molecule has 0 aromatic heterocycles. The van der Waals surface area contributed by atoms with Crippen LogP contribution in [-0.4, -0.2) is 77.1 Å². The topological polar surface area (TPSA) is 84.9 Å². The first-order valence-electron chi connectivity index (χ1n) is 13.7. The molecule has 1 spiro atoms. The van der Waals surface area contributed by atoms with Gasteiger partial charge in [0.25, 0.3) is 11.8 Å². The van der Waals surface area contributed by atoms with E-state index in [1.165, 1.54) is 17.5 Å². The normalized spacial score (nSPS) is 24.7. The zero-order valence-electron chi connectivity index (χ0n) is 21.9. The summed E-state index contributed by atoms with van der Waals surface area (Å²) in [5, 5.41) is 18.1. The number of fused-ring (bicyclic) bond motifs is 2. The van der Waals surface area contributed by atoms with Gasteiger partial charge >= 0.3 is 0 Å². The van der Waals surface area contributed by atoms with Crippen molar-refractivity contribution in [3.63, 3.8) is 0 Å². The van der Waals surface area contributed by atoms with Gasteiger partial charge in [0.15, 0.2) is 0 Å². The smallest absolute Gasteiger partial charge is 0.254 e. The Labute approximate surface area is 219 Å². The molecule has 7 nitrogen and oxygen atoms in total. The van der Waals surface area contributed by atoms with Gasteiger partial charge in [0.05, 0.1) is 6.10 Å². The quantitative estimate of drug-likeness (QED) is 0.598. The third kappa shape index (κ3) is 4.47. The number of hydrogen-bond donors (Lipinski definition) is 3. The Morgan fingerprint density at radius 2 is 1.84 bits per heavy atom. The maximum atomic E-state index is 13.5. The molecule has 2 saturated heterocycles. The van der Waals surface area contributed by atoms with E-state index in [9.17, 15) is 14.7 Å². The van der Waals surface area contributed by atoms with Crippen molar-refractivity contribution in [3.8, 4) is 0 Å². The van der Waals surface area contributed by atoms with Crippen molar-refractivity contribution in [2.45, 2.75) is 69.2 Å². The van der Waals surface area contributed by atoms with E-state index < -0.39 is 6.10 Å². The number of likely N-dealkylation sites (tertiary alicyclic amines) is 1. The average molecular weight is 503 g/mol. The number of carbonyl (C=O) groups is 2. The van der Waals surface area contributed by atoms with Crippen LogP contribution in [0.5, 0.6) is 0 Å². The Morgan fingerprint density at radius 1 is 1.11 bits per heavy atom. The number of nitrogens with one attached hydrogen (secondary N) is 2. The monoisotopic (exact) mass is 502 g/mol. The van der Waals surface area contributed by atoms with Crippen molar-refractivity contribution in [3.05, 3.63) is 70.3 Å². The lowest BCUT2D eigenvalue weighted by molar-refractivity contribution is 0.0443. The summed E-state index contributed by atoms with van der Waals surface area (Å²) in [6.45, 7) is 8.39. The molecular formula is C30H38N4O3. The number of piperidine rings is 1. The van der Waals surface area contributed by atoms with Gasteiger partial charge in [-0.3, -0.25) is 9.59 Å². The third-order valence-corrected chi connectivity index (χ3v) is 9.20. The lowest BCUT2D eigenvalue weighted by Gasteiger charge is -2.49. The molecule has 4 aliphatic heterocycles. The van der Waals surface area contributed by atoms with E-state index in [1.54, 1.807) is 11.0 Å². The average Bonchev–Trinajstić information content (AvgIpc) is 2.89. The summed E-state index contributed by atoms with van der Waals surface area (Å²) in [6, 6.07) is 13.8. The van der Waals surface area contributed by atoms with E-state index in [0.29, 0.717) is 17.7 Å². The van der Waals surface area contributed by atoms with Crippen molar-refractivity contribution in [1.82, 2.24) is 20.4 Å². The maximum absolute atomic E-state index is 13.5. The summed E-state index contributed by atoms with van der Waals surface area (Å²) in [6.07, 6.45) is 3.31. The van der Waals surface area contributed by atoms with Gasteiger partial charge in [-0.05, 0) is 67.1 Å². The number of benzene rings is 2. The second kappa shape index (κ2) is 9.22. The van der Waals surface area contributed by atoms with Gasteiger partial charge in [0.1, 0.15) is 0 Å². The minimum Gasteiger partial charge on any atom is -0.390 e. The van der Waals surface area contributed by atoms with Crippen LogP contribution in [0, 0.1) is 0 Å².